The van der Waals surface area contributed by atoms with E-state index in [0.717, 1.165) is 10.7 Å². The number of aryl methyl sites for hydroxylation is 1. The second-order valence-electron chi connectivity index (χ2n) is 3.28. The van der Waals surface area contributed by atoms with Crippen LogP contribution < -0.4 is 4.74 Å². The Bertz CT molecular complexity index is 502. The highest BCUT2D eigenvalue weighted by molar-refractivity contribution is 7.12. The van der Waals surface area contributed by atoms with Gasteiger partial charge in [0.05, 0.1) is 24.2 Å². The van der Waals surface area contributed by atoms with E-state index in [-0.39, 0.29) is 5.78 Å². The molecule has 2 aromatic rings. The van der Waals surface area contributed by atoms with E-state index in [9.17, 15) is 4.79 Å². The minimum atomic E-state index is 0.0668. The van der Waals surface area contributed by atoms with Crippen molar-refractivity contribution in [3.05, 3.63) is 32.4 Å². The standard InChI is InChI=1S/C11H11NO2S2/c1-7-12-8(6-16-7)5-9(13)11-10(14-2)3-4-15-11/h3-4,6H,5H2,1-2H3. The Morgan fingerprint density at radius 1 is 1.50 bits per heavy atom. The molecule has 84 valence electrons. The quantitative estimate of drug-likeness (QED) is 0.786. The van der Waals surface area contributed by atoms with E-state index in [1.807, 2.05) is 23.8 Å². The van der Waals surface area contributed by atoms with Gasteiger partial charge in [0.15, 0.2) is 5.78 Å². The molecule has 2 heterocycles. The molecule has 0 saturated heterocycles. The maximum absolute atomic E-state index is 12.0. The molecule has 0 unspecified atom stereocenters. The third-order valence-electron chi connectivity index (χ3n) is 2.11. The third-order valence-corrected chi connectivity index (χ3v) is 3.87. The normalized spacial score (nSPS) is 10.4. The number of rotatable bonds is 4. The van der Waals surface area contributed by atoms with Crippen LogP contribution in [-0.2, 0) is 6.42 Å². The lowest BCUT2D eigenvalue weighted by molar-refractivity contribution is 0.0993. The van der Waals surface area contributed by atoms with Gasteiger partial charge >= 0.3 is 0 Å². The summed E-state index contributed by atoms with van der Waals surface area (Å²) in [6.07, 6.45) is 0.348. The third kappa shape index (κ3) is 2.31. The average Bonchev–Trinajstić information content (AvgIpc) is 2.86. The van der Waals surface area contributed by atoms with Crippen molar-refractivity contribution in [2.45, 2.75) is 13.3 Å². The van der Waals surface area contributed by atoms with Gasteiger partial charge in [0.1, 0.15) is 10.6 Å². The number of hydrogen-bond donors (Lipinski definition) is 0. The molecule has 2 aromatic heterocycles. The van der Waals surface area contributed by atoms with E-state index >= 15 is 0 Å². The van der Waals surface area contributed by atoms with Crippen molar-refractivity contribution in [3.8, 4) is 5.75 Å². The molecule has 0 radical (unpaired) electrons. The fourth-order valence-corrected chi connectivity index (χ4v) is 2.81. The zero-order chi connectivity index (χ0) is 11.5. The lowest BCUT2D eigenvalue weighted by Gasteiger charge is -1.99. The Morgan fingerprint density at radius 3 is 2.94 bits per heavy atom. The number of aromatic nitrogens is 1. The van der Waals surface area contributed by atoms with Gasteiger partial charge in [-0.25, -0.2) is 4.98 Å². The Hall–Kier alpha value is -1.20. The van der Waals surface area contributed by atoms with Crippen molar-refractivity contribution in [1.82, 2.24) is 4.98 Å². The number of nitrogens with zero attached hydrogens (tertiary/aromatic N) is 1. The van der Waals surface area contributed by atoms with E-state index in [0.29, 0.717) is 17.0 Å². The summed E-state index contributed by atoms with van der Waals surface area (Å²) >= 11 is 2.97. The largest absolute Gasteiger partial charge is 0.495 e. The summed E-state index contributed by atoms with van der Waals surface area (Å²) < 4.78 is 5.12. The monoisotopic (exact) mass is 253 g/mol. The Kier molecular flexibility index (Phi) is 3.36. The molecule has 0 bridgehead atoms. The number of Topliss-reactive ketones (excluding diaryl/α,β-unsaturated/α-hetero) is 1. The van der Waals surface area contributed by atoms with E-state index < -0.39 is 0 Å². The number of thiazole rings is 1. The first kappa shape index (κ1) is 11.3. The smallest absolute Gasteiger partial charge is 0.182 e. The summed E-state index contributed by atoms with van der Waals surface area (Å²) in [6.45, 7) is 1.93. The maximum Gasteiger partial charge on any atom is 0.182 e. The van der Waals surface area contributed by atoms with Crippen LogP contribution in [0.4, 0.5) is 0 Å². The molecule has 2 rings (SSSR count). The van der Waals surface area contributed by atoms with Crippen molar-refractivity contribution in [2.75, 3.05) is 7.11 Å². The van der Waals surface area contributed by atoms with E-state index in [1.165, 1.54) is 11.3 Å². The van der Waals surface area contributed by atoms with Crippen LogP contribution in [0.2, 0.25) is 0 Å². The number of carbonyl (C=O) groups excluding carboxylic acids is 1. The van der Waals surface area contributed by atoms with Gasteiger partial charge in [0, 0.05) is 5.38 Å². The van der Waals surface area contributed by atoms with Gasteiger partial charge in [0.2, 0.25) is 0 Å². The number of ether oxygens (including phenoxy) is 1. The molecular formula is C11H11NO2S2. The molecule has 0 aromatic carbocycles. The number of ketones is 1. The van der Waals surface area contributed by atoms with Gasteiger partial charge in [0.25, 0.3) is 0 Å². The van der Waals surface area contributed by atoms with Crippen molar-refractivity contribution in [1.29, 1.82) is 0 Å². The van der Waals surface area contributed by atoms with Gasteiger partial charge < -0.3 is 4.74 Å². The Morgan fingerprint density at radius 2 is 2.31 bits per heavy atom. The van der Waals surface area contributed by atoms with Gasteiger partial charge in [-0.1, -0.05) is 0 Å². The molecule has 0 aliphatic heterocycles. The molecule has 5 heteroatoms. The van der Waals surface area contributed by atoms with Crippen LogP contribution in [0, 0.1) is 6.92 Å². The van der Waals surface area contributed by atoms with Crippen molar-refractivity contribution in [3.63, 3.8) is 0 Å². The van der Waals surface area contributed by atoms with Crippen LogP contribution in [0.3, 0.4) is 0 Å². The minimum Gasteiger partial charge on any atom is -0.495 e. The number of methoxy groups -OCH3 is 1. The Labute approximate surface area is 102 Å². The van der Waals surface area contributed by atoms with Crippen LogP contribution >= 0.6 is 22.7 Å². The highest BCUT2D eigenvalue weighted by Gasteiger charge is 2.15. The molecule has 0 fully saturated rings. The zero-order valence-corrected chi connectivity index (χ0v) is 10.7. The predicted octanol–water partition coefficient (Wildman–Crippen LogP) is 2.95. The average molecular weight is 253 g/mol. The van der Waals surface area contributed by atoms with Gasteiger partial charge in [-0.05, 0) is 18.4 Å². The van der Waals surface area contributed by atoms with Crippen LogP contribution in [0.1, 0.15) is 20.4 Å². The van der Waals surface area contributed by atoms with Crippen LogP contribution in [0.5, 0.6) is 5.75 Å². The second-order valence-corrected chi connectivity index (χ2v) is 5.25. The summed E-state index contributed by atoms with van der Waals surface area (Å²) in [7, 11) is 1.58. The molecule has 3 nitrogen and oxygen atoms in total. The van der Waals surface area contributed by atoms with E-state index in [2.05, 4.69) is 4.98 Å². The zero-order valence-electron chi connectivity index (χ0n) is 9.02. The van der Waals surface area contributed by atoms with Gasteiger partial charge in [-0.2, -0.15) is 0 Å². The molecule has 0 amide bonds. The number of hydrogen-bond acceptors (Lipinski definition) is 5. The second kappa shape index (κ2) is 4.76. The highest BCUT2D eigenvalue weighted by atomic mass is 32.1. The number of carbonyl (C=O) groups is 1. The molecular weight excluding hydrogens is 242 g/mol. The fourth-order valence-electron chi connectivity index (χ4n) is 1.40. The predicted molar refractivity (Wildman–Crippen MR) is 65.8 cm³/mol. The maximum atomic E-state index is 12.0. The molecule has 0 spiro atoms. The molecule has 0 N–H and O–H groups in total. The summed E-state index contributed by atoms with van der Waals surface area (Å²) in [5, 5.41) is 4.77. The minimum absolute atomic E-state index is 0.0668. The summed E-state index contributed by atoms with van der Waals surface area (Å²) in [4.78, 5) is 16.9. The topological polar surface area (TPSA) is 39.2 Å². The lowest BCUT2D eigenvalue weighted by Crippen LogP contribution is -2.03. The van der Waals surface area contributed by atoms with Crippen LogP contribution in [0.25, 0.3) is 0 Å². The molecule has 0 atom stereocenters. The molecule has 0 aliphatic rings. The summed E-state index contributed by atoms with van der Waals surface area (Å²) in [5.41, 5.74) is 0.836. The van der Waals surface area contributed by atoms with Crippen molar-refractivity contribution < 1.29 is 9.53 Å². The van der Waals surface area contributed by atoms with Gasteiger partial charge in [-0.15, -0.1) is 22.7 Å². The first-order valence-electron chi connectivity index (χ1n) is 4.76. The van der Waals surface area contributed by atoms with E-state index in [4.69, 9.17) is 4.74 Å². The first-order valence-corrected chi connectivity index (χ1v) is 6.52. The molecule has 0 aliphatic carbocycles. The fraction of sp³-hybridized carbons (Fsp3) is 0.273. The van der Waals surface area contributed by atoms with E-state index in [1.54, 1.807) is 18.4 Å². The first-order chi connectivity index (χ1) is 7.70. The highest BCUT2D eigenvalue weighted by Crippen LogP contribution is 2.26. The van der Waals surface area contributed by atoms with Gasteiger partial charge in [-0.3, -0.25) is 4.79 Å². The van der Waals surface area contributed by atoms with Crippen LogP contribution in [-0.4, -0.2) is 17.9 Å². The van der Waals surface area contributed by atoms with Crippen molar-refractivity contribution in [2.24, 2.45) is 0 Å². The Balaban J connectivity index is 2.14. The van der Waals surface area contributed by atoms with Crippen LogP contribution in [0.15, 0.2) is 16.8 Å². The summed E-state index contributed by atoms with van der Waals surface area (Å²) in [5.74, 6) is 0.721. The molecule has 0 saturated carbocycles. The number of thiophene rings is 1. The summed E-state index contributed by atoms with van der Waals surface area (Å²) in [6, 6.07) is 1.81. The van der Waals surface area contributed by atoms with Crippen molar-refractivity contribution >= 4 is 28.5 Å². The lowest BCUT2D eigenvalue weighted by atomic mass is 10.2. The SMILES string of the molecule is COc1ccsc1C(=O)Cc1csc(C)n1. The molecule has 16 heavy (non-hydrogen) atoms.